The van der Waals surface area contributed by atoms with E-state index in [1.807, 2.05) is 0 Å². The molecule has 2 unspecified atom stereocenters. The van der Waals surface area contributed by atoms with Crippen LogP contribution in [0.2, 0.25) is 0 Å². The minimum Gasteiger partial charge on any atom is -0.507 e. The zero-order valence-corrected chi connectivity index (χ0v) is 9.28. The van der Waals surface area contributed by atoms with Gasteiger partial charge in [0.25, 0.3) is 0 Å². The second kappa shape index (κ2) is 5.35. The van der Waals surface area contributed by atoms with E-state index in [1.54, 1.807) is 25.1 Å². The zero-order valence-electron chi connectivity index (χ0n) is 8.52. The number of aryl methyl sites for hydroxylation is 1. The summed E-state index contributed by atoms with van der Waals surface area (Å²) in [5, 5.41) is 29.0. The molecule has 0 aliphatic rings. The standard InChI is InChI=1S/C11H15ClO3/c1-7-3-2-4-8(10(7)14)11(15)9(13)5-6-12/h2-4,9,11,13-15H,5-6H2,1H3. The Kier molecular flexibility index (Phi) is 4.39. The van der Waals surface area contributed by atoms with E-state index in [0.717, 1.165) is 0 Å². The van der Waals surface area contributed by atoms with Crippen LogP contribution in [0.25, 0.3) is 0 Å². The molecular formula is C11H15ClO3. The van der Waals surface area contributed by atoms with Crippen molar-refractivity contribution in [3.63, 3.8) is 0 Å². The van der Waals surface area contributed by atoms with Crippen molar-refractivity contribution in [2.45, 2.75) is 25.6 Å². The Morgan fingerprint density at radius 3 is 2.60 bits per heavy atom. The summed E-state index contributed by atoms with van der Waals surface area (Å²) in [6.45, 7) is 1.74. The van der Waals surface area contributed by atoms with E-state index in [0.29, 0.717) is 11.1 Å². The van der Waals surface area contributed by atoms with Gasteiger partial charge in [0.15, 0.2) is 0 Å². The van der Waals surface area contributed by atoms with Gasteiger partial charge >= 0.3 is 0 Å². The molecule has 0 saturated carbocycles. The Labute approximate surface area is 93.9 Å². The van der Waals surface area contributed by atoms with Crippen LogP contribution in [-0.2, 0) is 0 Å². The maximum atomic E-state index is 9.76. The van der Waals surface area contributed by atoms with E-state index < -0.39 is 12.2 Å². The summed E-state index contributed by atoms with van der Waals surface area (Å²) < 4.78 is 0. The van der Waals surface area contributed by atoms with Crippen molar-refractivity contribution in [1.82, 2.24) is 0 Å². The first-order valence-electron chi connectivity index (χ1n) is 4.78. The second-order valence-corrected chi connectivity index (χ2v) is 3.88. The van der Waals surface area contributed by atoms with Crippen LogP contribution in [-0.4, -0.2) is 27.3 Å². The lowest BCUT2D eigenvalue weighted by molar-refractivity contribution is 0.0156. The van der Waals surface area contributed by atoms with Gasteiger partial charge in [0.1, 0.15) is 11.9 Å². The Balaban J connectivity index is 2.90. The smallest absolute Gasteiger partial charge is 0.124 e. The predicted molar refractivity (Wildman–Crippen MR) is 59.1 cm³/mol. The van der Waals surface area contributed by atoms with E-state index in [4.69, 9.17) is 11.6 Å². The van der Waals surface area contributed by atoms with Crippen molar-refractivity contribution < 1.29 is 15.3 Å². The molecule has 0 saturated heterocycles. The Bertz CT molecular complexity index is 328. The molecule has 15 heavy (non-hydrogen) atoms. The minimum atomic E-state index is -1.09. The van der Waals surface area contributed by atoms with Crippen LogP contribution in [0.3, 0.4) is 0 Å². The molecule has 0 aromatic heterocycles. The lowest BCUT2D eigenvalue weighted by atomic mass is 9.99. The average molecular weight is 231 g/mol. The van der Waals surface area contributed by atoms with Crippen molar-refractivity contribution >= 4 is 11.6 Å². The number of phenols is 1. The topological polar surface area (TPSA) is 60.7 Å². The molecule has 0 radical (unpaired) electrons. The third-order valence-corrected chi connectivity index (χ3v) is 2.58. The molecule has 84 valence electrons. The molecule has 1 aromatic carbocycles. The number of hydrogen-bond donors (Lipinski definition) is 3. The van der Waals surface area contributed by atoms with Gasteiger partial charge in [-0.25, -0.2) is 0 Å². The van der Waals surface area contributed by atoms with Crippen molar-refractivity contribution in [3.8, 4) is 5.75 Å². The predicted octanol–water partition coefficient (Wildman–Crippen LogP) is 1.72. The fourth-order valence-corrected chi connectivity index (χ4v) is 1.62. The van der Waals surface area contributed by atoms with Gasteiger partial charge in [0, 0.05) is 11.4 Å². The van der Waals surface area contributed by atoms with Crippen molar-refractivity contribution in [2.24, 2.45) is 0 Å². The average Bonchev–Trinajstić information content (AvgIpc) is 2.21. The summed E-state index contributed by atoms with van der Waals surface area (Å²) in [4.78, 5) is 0. The van der Waals surface area contributed by atoms with E-state index in [2.05, 4.69) is 0 Å². The molecule has 1 aromatic rings. The first-order valence-corrected chi connectivity index (χ1v) is 5.32. The van der Waals surface area contributed by atoms with Crippen LogP contribution in [0.15, 0.2) is 18.2 Å². The van der Waals surface area contributed by atoms with Crippen LogP contribution < -0.4 is 0 Å². The Hall–Kier alpha value is -0.770. The monoisotopic (exact) mass is 230 g/mol. The lowest BCUT2D eigenvalue weighted by Gasteiger charge is -2.18. The molecule has 2 atom stereocenters. The highest BCUT2D eigenvalue weighted by Crippen LogP contribution is 2.30. The number of aliphatic hydroxyl groups excluding tert-OH is 2. The van der Waals surface area contributed by atoms with Crippen LogP contribution >= 0.6 is 11.6 Å². The van der Waals surface area contributed by atoms with Gasteiger partial charge in [-0.3, -0.25) is 0 Å². The minimum absolute atomic E-state index is 0.0265. The summed E-state index contributed by atoms with van der Waals surface area (Å²) in [7, 11) is 0. The molecule has 4 heteroatoms. The second-order valence-electron chi connectivity index (χ2n) is 3.50. The SMILES string of the molecule is Cc1cccc(C(O)C(O)CCCl)c1O. The number of alkyl halides is 1. The molecule has 1 rings (SSSR count). The highest BCUT2D eigenvalue weighted by atomic mass is 35.5. The molecule has 3 nitrogen and oxygen atoms in total. The van der Waals surface area contributed by atoms with Crippen molar-refractivity contribution in [1.29, 1.82) is 0 Å². The highest BCUT2D eigenvalue weighted by Gasteiger charge is 2.21. The summed E-state index contributed by atoms with van der Waals surface area (Å²) in [5.74, 6) is 0.295. The Morgan fingerprint density at radius 1 is 1.33 bits per heavy atom. The van der Waals surface area contributed by atoms with Crippen LogP contribution in [0, 0.1) is 6.92 Å². The van der Waals surface area contributed by atoms with Gasteiger partial charge in [-0.15, -0.1) is 11.6 Å². The molecule has 3 N–H and O–H groups in total. The summed E-state index contributed by atoms with van der Waals surface area (Å²) in [6.07, 6.45) is -1.75. The lowest BCUT2D eigenvalue weighted by Crippen LogP contribution is -2.18. The number of benzene rings is 1. The quantitative estimate of drug-likeness (QED) is 0.691. The molecule has 0 heterocycles. The van der Waals surface area contributed by atoms with Crippen LogP contribution in [0.4, 0.5) is 0 Å². The maximum Gasteiger partial charge on any atom is 0.124 e. The van der Waals surface area contributed by atoms with Crippen LogP contribution in [0.1, 0.15) is 23.7 Å². The largest absolute Gasteiger partial charge is 0.507 e. The number of aromatic hydroxyl groups is 1. The van der Waals surface area contributed by atoms with Gasteiger partial charge in [-0.05, 0) is 18.9 Å². The number of para-hydroxylation sites is 1. The van der Waals surface area contributed by atoms with Gasteiger partial charge in [-0.1, -0.05) is 18.2 Å². The van der Waals surface area contributed by atoms with Crippen molar-refractivity contribution in [3.05, 3.63) is 29.3 Å². The molecule has 0 bridgehead atoms. The first-order chi connectivity index (χ1) is 7.07. The zero-order chi connectivity index (χ0) is 11.4. The third kappa shape index (κ3) is 2.84. The number of rotatable bonds is 4. The molecule has 0 aliphatic heterocycles. The summed E-state index contributed by atoms with van der Waals surface area (Å²) in [5.41, 5.74) is 1.01. The highest BCUT2D eigenvalue weighted by molar-refractivity contribution is 6.17. The Morgan fingerprint density at radius 2 is 2.00 bits per heavy atom. The molecule has 0 aliphatic carbocycles. The van der Waals surface area contributed by atoms with Crippen LogP contribution in [0.5, 0.6) is 5.75 Å². The van der Waals surface area contributed by atoms with Gasteiger partial charge < -0.3 is 15.3 Å². The van der Waals surface area contributed by atoms with E-state index in [9.17, 15) is 15.3 Å². The van der Waals surface area contributed by atoms with E-state index >= 15 is 0 Å². The molecule has 0 fully saturated rings. The molecule has 0 spiro atoms. The third-order valence-electron chi connectivity index (χ3n) is 2.36. The number of halogens is 1. The van der Waals surface area contributed by atoms with Crippen molar-refractivity contribution in [2.75, 3.05) is 5.88 Å². The number of hydrogen-bond acceptors (Lipinski definition) is 3. The van der Waals surface area contributed by atoms with Gasteiger partial charge in [0.05, 0.1) is 6.10 Å². The summed E-state index contributed by atoms with van der Waals surface area (Å²) >= 11 is 5.47. The number of phenolic OH excluding ortho intramolecular Hbond substituents is 1. The number of aliphatic hydroxyl groups is 2. The van der Waals surface area contributed by atoms with Gasteiger partial charge in [0.2, 0.25) is 0 Å². The normalized spacial score (nSPS) is 14.9. The van der Waals surface area contributed by atoms with Gasteiger partial charge in [-0.2, -0.15) is 0 Å². The maximum absolute atomic E-state index is 9.76. The fraction of sp³-hybridized carbons (Fsp3) is 0.455. The van der Waals surface area contributed by atoms with E-state index in [1.165, 1.54) is 0 Å². The van der Waals surface area contributed by atoms with E-state index in [-0.39, 0.29) is 18.1 Å². The summed E-state index contributed by atoms with van der Waals surface area (Å²) in [6, 6.07) is 5.05. The molecule has 0 amide bonds. The molecular weight excluding hydrogens is 216 g/mol. The first kappa shape index (κ1) is 12.3. The fourth-order valence-electron chi connectivity index (χ4n) is 1.40.